The fraction of sp³-hybridized carbons (Fsp3) is 0.0909. The Kier molecular flexibility index (Phi) is 6.03. The molecule has 0 atom stereocenters. The summed E-state index contributed by atoms with van der Waals surface area (Å²) in [6, 6.07) is 7.58. The van der Waals surface area contributed by atoms with Crippen LogP contribution in [0.15, 0.2) is 21.0 Å². The van der Waals surface area contributed by atoms with Crippen LogP contribution >= 0.6 is 22.7 Å². The Balaban J connectivity index is 2.15. The molecule has 0 fully saturated rings. The molecule has 4 heterocycles. The molecule has 0 radical (unpaired) electrons. The maximum Gasteiger partial charge on any atom is 0.425 e. The second kappa shape index (κ2) is 9.17. The first-order chi connectivity index (χ1) is 18.9. The molecule has 0 aliphatic heterocycles. The Morgan fingerprint density at radius 2 is 1.02 bits per heavy atom. The summed E-state index contributed by atoms with van der Waals surface area (Å²) in [6.07, 6.45) is -9.86. The highest BCUT2D eigenvalue weighted by Gasteiger charge is 2.36. The summed E-state index contributed by atoms with van der Waals surface area (Å²) in [5.41, 5.74) is -1.22. The van der Waals surface area contributed by atoms with Gasteiger partial charge in [-0.3, -0.25) is 0 Å². The van der Waals surface area contributed by atoms with E-state index in [0.29, 0.717) is 12.1 Å². The molecule has 0 aliphatic rings. The molecular formula is C22H2F6N8O2S2. The molecule has 0 saturated carbocycles. The SMILES string of the molecule is N#C/C(c1nnc(C#N)o1)=c1/c2cc(C(F)(F)F)sc2/c(=C(\C#N)c2nnc(C#N)o2)c2cc(C(F)(F)F)sc12. The fourth-order valence-corrected chi connectivity index (χ4v) is 5.90. The lowest BCUT2D eigenvalue weighted by atomic mass is 10.0. The van der Waals surface area contributed by atoms with Gasteiger partial charge in [-0.1, -0.05) is 10.2 Å². The Hall–Kier alpha value is -5.30. The van der Waals surface area contributed by atoms with E-state index < -0.39 is 67.3 Å². The van der Waals surface area contributed by atoms with Crippen LogP contribution in [0.25, 0.3) is 31.3 Å². The number of nitrogens with zero attached hydrogens (tertiary/aromatic N) is 8. The second-order valence-corrected chi connectivity index (χ2v) is 9.58. The lowest BCUT2D eigenvalue weighted by Gasteiger charge is -2.02. The topological polar surface area (TPSA) is 173 Å². The molecule has 5 rings (SSSR count). The summed E-state index contributed by atoms with van der Waals surface area (Å²) >= 11 is 0.180. The summed E-state index contributed by atoms with van der Waals surface area (Å²) in [4.78, 5) is -2.42. The Labute approximate surface area is 223 Å². The molecule has 196 valence electrons. The largest absolute Gasteiger partial charge is 0.425 e. The Bertz CT molecular complexity index is 1940. The van der Waals surface area contributed by atoms with Crippen molar-refractivity contribution < 1.29 is 35.2 Å². The average Bonchev–Trinajstić information content (AvgIpc) is 3.70. The molecule has 0 unspecified atom stereocenters. The Morgan fingerprint density at radius 3 is 1.30 bits per heavy atom. The van der Waals surface area contributed by atoms with Crippen molar-refractivity contribution in [1.82, 2.24) is 20.4 Å². The molecule has 0 amide bonds. The zero-order chi connectivity index (χ0) is 29.0. The number of hydrogen-bond acceptors (Lipinski definition) is 12. The zero-order valence-electron chi connectivity index (χ0n) is 18.6. The maximum absolute atomic E-state index is 13.9. The first kappa shape index (κ1) is 26.3. The van der Waals surface area contributed by atoms with Crippen molar-refractivity contribution >= 4 is 54.0 Å². The van der Waals surface area contributed by atoms with Gasteiger partial charge >= 0.3 is 24.1 Å². The van der Waals surface area contributed by atoms with E-state index in [1.165, 1.54) is 12.1 Å². The highest BCUT2D eigenvalue weighted by Crippen LogP contribution is 2.41. The molecule has 0 spiro atoms. The van der Waals surface area contributed by atoms with E-state index in [-0.39, 0.29) is 42.8 Å². The van der Waals surface area contributed by atoms with Crippen LogP contribution in [0.3, 0.4) is 0 Å². The third-order valence-corrected chi connectivity index (χ3v) is 7.60. The van der Waals surface area contributed by atoms with Gasteiger partial charge in [0.2, 0.25) is 0 Å². The number of thiophene rings is 2. The summed E-state index contributed by atoms with van der Waals surface area (Å²) in [6.45, 7) is 0. The third-order valence-electron chi connectivity index (χ3n) is 5.21. The molecule has 0 bridgehead atoms. The van der Waals surface area contributed by atoms with Crippen LogP contribution < -0.4 is 10.4 Å². The number of fused-ring (bicyclic) bond motifs is 2. The predicted octanol–water partition coefficient (Wildman–Crippen LogP) is 4.11. The first-order valence-electron chi connectivity index (χ1n) is 10.1. The van der Waals surface area contributed by atoms with Crippen LogP contribution in [0.1, 0.15) is 33.3 Å². The minimum Gasteiger partial charge on any atom is -0.407 e. The molecule has 0 N–H and O–H groups in total. The number of hydrogen-bond donors (Lipinski definition) is 0. The van der Waals surface area contributed by atoms with Crippen molar-refractivity contribution in [2.75, 3.05) is 0 Å². The monoisotopic (exact) mass is 588 g/mol. The molecular weight excluding hydrogens is 586 g/mol. The highest BCUT2D eigenvalue weighted by molar-refractivity contribution is 7.20. The van der Waals surface area contributed by atoms with Crippen molar-refractivity contribution in [3.05, 3.63) is 55.9 Å². The highest BCUT2D eigenvalue weighted by atomic mass is 32.1. The van der Waals surface area contributed by atoms with E-state index in [9.17, 15) is 36.9 Å². The van der Waals surface area contributed by atoms with Crippen molar-refractivity contribution in [2.24, 2.45) is 0 Å². The van der Waals surface area contributed by atoms with Crippen molar-refractivity contribution in [1.29, 1.82) is 21.0 Å². The lowest BCUT2D eigenvalue weighted by molar-refractivity contribution is -0.135. The molecule has 0 saturated heterocycles. The van der Waals surface area contributed by atoms with Gasteiger partial charge in [0.05, 0.1) is 0 Å². The third kappa shape index (κ3) is 4.18. The van der Waals surface area contributed by atoms with Crippen molar-refractivity contribution in [3.63, 3.8) is 0 Å². The zero-order valence-corrected chi connectivity index (χ0v) is 20.3. The van der Waals surface area contributed by atoms with Gasteiger partial charge in [-0.25, -0.2) is 0 Å². The number of aromatic nitrogens is 4. The van der Waals surface area contributed by atoms with Gasteiger partial charge in [-0.15, -0.1) is 32.9 Å². The van der Waals surface area contributed by atoms with Crippen LogP contribution in [-0.2, 0) is 12.4 Å². The molecule has 40 heavy (non-hydrogen) atoms. The summed E-state index contributed by atoms with van der Waals surface area (Å²) in [5, 5.41) is 50.1. The summed E-state index contributed by atoms with van der Waals surface area (Å²) in [5.74, 6) is -2.48. The molecule has 18 heteroatoms. The number of alkyl halides is 6. The van der Waals surface area contributed by atoms with E-state index in [0.717, 1.165) is 0 Å². The number of nitriles is 4. The fourth-order valence-electron chi connectivity index (χ4n) is 3.71. The van der Waals surface area contributed by atoms with Crippen molar-refractivity contribution in [3.8, 4) is 24.3 Å². The van der Waals surface area contributed by atoms with Crippen LogP contribution in [0.2, 0.25) is 0 Å². The minimum absolute atomic E-state index is 0.0902. The quantitative estimate of drug-likeness (QED) is 0.273. The van der Waals surface area contributed by atoms with E-state index in [1.807, 2.05) is 0 Å². The van der Waals surface area contributed by atoms with Gasteiger partial charge in [-0.2, -0.15) is 47.4 Å². The number of benzene rings is 1. The standard InChI is InChI=1S/C22H2F6N8O2S2/c23-21(24,25)11-1-7-15(9(3-29)19-35-33-13(5-31)37-19)18-8(2-12(40-18)22(26,27)28)16(17(7)39-11)10(4-30)20-36-34-14(6-32)38-20/h1-2H/b15-9+,16-10+. The second-order valence-electron chi connectivity index (χ2n) is 7.47. The first-order valence-corrected chi connectivity index (χ1v) is 11.7. The molecule has 5 aromatic rings. The number of rotatable bonds is 2. The van der Waals surface area contributed by atoms with Gasteiger partial charge in [0.1, 0.15) is 33.0 Å². The van der Waals surface area contributed by atoms with Crippen LogP contribution in [-0.4, -0.2) is 20.4 Å². The summed E-state index contributed by atoms with van der Waals surface area (Å²) in [7, 11) is 0. The van der Waals surface area contributed by atoms with Crippen LogP contribution in [0.4, 0.5) is 26.3 Å². The Morgan fingerprint density at radius 1 is 0.650 bits per heavy atom. The van der Waals surface area contributed by atoms with E-state index >= 15 is 0 Å². The van der Waals surface area contributed by atoms with Crippen LogP contribution in [0, 0.1) is 45.3 Å². The molecule has 10 nitrogen and oxygen atoms in total. The normalized spacial score (nSPS) is 13.4. The molecule has 1 aromatic carbocycles. The van der Waals surface area contributed by atoms with Crippen molar-refractivity contribution in [2.45, 2.75) is 12.4 Å². The predicted molar refractivity (Wildman–Crippen MR) is 121 cm³/mol. The van der Waals surface area contributed by atoms with Gasteiger partial charge < -0.3 is 8.83 Å². The maximum atomic E-state index is 13.9. The van der Waals surface area contributed by atoms with Gasteiger partial charge in [0, 0.05) is 30.6 Å². The van der Waals surface area contributed by atoms with E-state index in [2.05, 4.69) is 20.4 Å². The summed E-state index contributed by atoms with van der Waals surface area (Å²) < 4.78 is 92.6. The minimum atomic E-state index is -4.93. The smallest absolute Gasteiger partial charge is 0.407 e. The van der Waals surface area contributed by atoms with E-state index in [1.54, 1.807) is 12.1 Å². The van der Waals surface area contributed by atoms with E-state index in [4.69, 9.17) is 19.4 Å². The molecule has 0 aliphatic carbocycles. The average molecular weight is 588 g/mol. The van der Waals surface area contributed by atoms with Crippen LogP contribution in [0.5, 0.6) is 0 Å². The molecule has 4 aromatic heterocycles. The number of halogens is 6. The van der Waals surface area contributed by atoms with Gasteiger partial charge in [0.25, 0.3) is 11.8 Å². The van der Waals surface area contributed by atoms with Gasteiger partial charge in [0.15, 0.2) is 12.1 Å². The van der Waals surface area contributed by atoms with Gasteiger partial charge in [-0.05, 0) is 12.1 Å². The lowest BCUT2D eigenvalue weighted by Crippen LogP contribution is -2.17.